The van der Waals surface area contributed by atoms with E-state index in [-0.39, 0.29) is 11.7 Å². The zero-order chi connectivity index (χ0) is 28.0. The number of anilines is 1. The predicted molar refractivity (Wildman–Crippen MR) is 145 cm³/mol. The number of carbonyl (C=O) groups excluding carboxylic acids is 1. The highest BCUT2D eigenvalue weighted by Gasteiger charge is 2.31. The maximum atomic E-state index is 13.2. The van der Waals surface area contributed by atoms with E-state index in [0.29, 0.717) is 41.2 Å². The van der Waals surface area contributed by atoms with E-state index >= 15 is 0 Å². The van der Waals surface area contributed by atoms with Gasteiger partial charge in [-0.05, 0) is 67.1 Å². The number of aryl methyl sites for hydroxylation is 1. The molecule has 3 aromatic rings. The van der Waals surface area contributed by atoms with Crippen molar-refractivity contribution < 1.29 is 36.2 Å². The van der Waals surface area contributed by atoms with E-state index in [0.717, 1.165) is 43.1 Å². The summed E-state index contributed by atoms with van der Waals surface area (Å²) in [5, 5.41) is 0. The molecule has 0 bridgehead atoms. The number of halogens is 2. The van der Waals surface area contributed by atoms with Gasteiger partial charge in [0, 0.05) is 17.7 Å². The van der Waals surface area contributed by atoms with Gasteiger partial charge in [0.1, 0.15) is 17.6 Å². The number of sulfonamides is 1. The molecular formula is C29H31F2NO6S. The molecule has 1 unspecified atom stereocenters. The average molecular weight is 560 g/mol. The second-order valence-corrected chi connectivity index (χ2v) is 11.0. The van der Waals surface area contributed by atoms with Crippen molar-refractivity contribution in [2.75, 3.05) is 17.6 Å². The van der Waals surface area contributed by atoms with Crippen LogP contribution in [0.2, 0.25) is 0 Å². The molecule has 3 aromatic carbocycles. The first-order chi connectivity index (χ1) is 18.6. The zero-order valence-electron chi connectivity index (χ0n) is 21.8. The second-order valence-electron chi connectivity index (χ2n) is 9.29. The molecule has 0 saturated heterocycles. The van der Waals surface area contributed by atoms with Crippen LogP contribution in [0.1, 0.15) is 55.4 Å². The fraction of sp³-hybridized carbons (Fsp3) is 0.345. The van der Waals surface area contributed by atoms with Gasteiger partial charge in [0.15, 0.2) is 0 Å². The summed E-state index contributed by atoms with van der Waals surface area (Å²) < 4.78 is 68.7. The van der Waals surface area contributed by atoms with Crippen molar-refractivity contribution in [2.45, 2.75) is 51.7 Å². The van der Waals surface area contributed by atoms with Crippen molar-refractivity contribution in [3.63, 3.8) is 0 Å². The molecule has 0 aliphatic carbocycles. The van der Waals surface area contributed by atoms with Gasteiger partial charge in [-0.15, -0.1) is 0 Å². The smallest absolute Gasteiger partial charge is 0.387 e. The van der Waals surface area contributed by atoms with Gasteiger partial charge in [0.05, 0.1) is 18.4 Å². The highest BCUT2D eigenvalue weighted by Crippen LogP contribution is 2.50. The highest BCUT2D eigenvalue weighted by molar-refractivity contribution is 7.92. The van der Waals surface area contributed by atoms with Crippen LogP contribution in [-0.2, 0) is 26.0 Å². The Morgan fingerprint density at radius 1 is 1.05 bits per heavy atom. The fourth-order valence-electron chi connectivity index (χ4n) is 4.71. The Morgan fingerprint density at radius 3 is 2.59 bits per heavy atom. The van der Waals surface area contributed by atoms with Gasteiger partial charge in [-0.1, -0.05) is 42.8 Å². The minimum absolute atomic E-state index is 0.0254. The van der Waals surface area contributed by atoms with Gasteiger partial charge in [-0.2, -0.15) is 8.78 Å². The first-order valence-electron chi connectivity index (χ1n) is 12.8. The fourth-order valence-corrected chi connectivity index (χ4v) is 5.27. The first kappa shape index (κ1) is 28.4. The van der Waals surface area contributed by atoms with Gasteiger partial charge in [-0.25, -0.2) is 8.42 Å². The molecule has 39 heavy (non-hydrogen) atoms. The number of hydrogen-bond acceptors (Lipinski definition) is 6. The standard InChI is InChI=1S/C29H31F2NO6S/c1-3-36-26(33)14-6-4-5-9-19-10-7-11-20(17-19)28-23-18-21(32-39(2,34)35)15-16-22(23)27-24(37-28)12-8-13-25(27)38-29(30)31/h7-8,10-13,15-18,28-29,32H,3-6,9,14H2,1-2H3. The van der Waals surface area contributed by atoms with Crippen LogP contribution in [0.15, 0.2) is 60.7 Å². The van der Waals surface area contributed by atoms with Gasteiger partial charge < -0.3 is 14.2 Å². The number of nitrogens with one attached hydrogen (secondary N) is 1. The summed E-state index contributed by atoms with van der Waals surface area (Å²) in [5.41, 5.74) is 3.86. The van der Waals surface area contributed by atoms with Crippen LogP contribution in [0, 0.1) is 0 Å². The lowest BCUT2D eigenvalue weighted by atomic mass is 9.88. The molecular weight excluding hydrogens is 528 g/mol. The molecule has 1 heterocycles. The summed E-state index contributed by atoms with van der Waals surface area (Å²) in [6.07, 6.45) is 4.18. The topological polar surface area (TPSA) is 90.9 Å². The molecule has 0 spiro atoms. The molecule has 0 saturated carbocycles. The summed E-state index contributed by atoms with van der Waals surface area (Å²) in [6.45, 7) is -0.843. The number of alkyl halides is 2. The van der Waals surface area contributed by atoms with Crippen molar-refractivity contribution in [2.24, 2.45) is 0 Å². The van der Waals surface area contributed by atoms with Crippen LogP contribution in [0.25, 0.3) is 11.1 Å². The summed E-state index contributed by atoms with van der Waals surface area (Å²) in [5.74, 6) is 0.182. The Bertz CT molecular complexity index is 1430. The molecule has 0 aromatic heterocycles. The van der Waals surface area contributed by atoms with Gasteiger partial charge in [0.2, 0.25) is 10.0 Å². The van der Waals surface area contributed by atoms with E-state index in [2.05, 4.69) is 4.72 Å². The largest absolute Gasteiger partial charge is 0.480 e. The molecule has 208 valence electrons. The lowest BCUT2D eigenvalue weighted by Crippen LogP contribution is -2.18. The van der Waals surface area contributed by atoms with Crippen molar-refractivity contribution in [3.8, 4) is 22.6 Å². The maximum absolute atomic E-state index is 13.2. The average Bonchev–Trinajstić information content (AvgIpc) is 2.87. The maximum Gasteiger partial charge on any atom is 0.387 e. The van der Waals surface area contributed by atoms with Crippen LogP contribution in [0.4, 0.5) is 14.5 Å². The summed E-state index contributed by atoms with van der Waals surface area (Å²) in [4.78, 5) is 11.5. The van der Waals surface area contributed by atoms with Gasteiger partial charge in [0.25, 0.3) is 0 Å². The van der Waals surface area contributed by atoms with Crippen molar-refractivity contribution >= 4 is 21.7 Å². The molecule has 1 aliphatic rings. The number of esters is 1. The Hall–Kier alpha value is -3.66. The first-order valence-corrected chi connectivity index (χ1v) is 14.6. The zero-order valence-corrected chi connectivity index (χ0v) is 22.6. The van der Waals surface area contributed by atoms with Gasteiger partial charge >= 0.3 is 12.6 Å². The number of unbranched alkanes of at least 4 members (excludes halogenated alkanes) is 2. The third kappa shape index (κ3) is 7.47. The van der Waals surface area contributed by atoms with Crippen LogP contribution in [0.5, 0.6) is 11.5 Å². The van der Waals surface area contributed by atoms with Crippen molar-refractivity contribution in [1.82, 2.24) is 0 Å². The van der Waals surface area contributed by atoms with Crippen LogP contribution in [-0.4, -0.2) is 33.9 Å². The van der Waals surface area contributed by atoms with Crippen LogP contribution in [0.3, 0.4) is 0 Å². The normalized spacial score (nSPS) is 14.2. The third-order valence-electron chi connectivity index (χ3n) is 6.26. The van der Waals surface area contributed by atoms with Crippen LogP contribution < -0.4 is 14.2 Å². The lowest BCUT2D eigenvalue weighted by Gasteiger charge is -2.31. The molecule has 4 rings (SSSR count). The Balaban J connectivity index is 1.63. The molecule has 1 N–H and O–H groups in total. The number of carbonyl (C=O) groups is 1. The summed E-state index contributed by atoms with van der Waals surface area (Å²) >= 11 is 0. The van der Waals surface area contributed by atoms with Crippen LogP contribution >= 0.6 is 0 Å². The van der Waals surface area contributed by atoms with E-state index in [1.54, 1.807) is 37.3 Å². The molecule has 0 amide bonds. The monoisotopic (exact) mass is 559 g/mol. The summed E-state index contributed by atoms with van der Waals surface area (Å²) in [6, 6.07) is 17.5. The molecule has 10 heteroatoms. The molecule has 0 radical (unpaired) electrons. The minimum Gasteiger partial charge on any atom is -0.480 e. The molecule has 7 nitrogen and oxygen atoms in total. The highest BCUT2D eigenvalue weighted by atomic mass is 32.2. The van der Waals surface area contributed by atoms with Crippen molar-refractivity contribution in [3.05, 3.63) is 77.4 Å². The van der Waals surface area contributed by atoms with Gasteiger partial charge in [-0.3, -0.25) is 9.52 Å². The molecule has 1 atom stereocenters. The third-order valence-corrected chi connectivity index (χ3v) is 6.87. The quantitative estimate of drug-likeness (QED) is 0.202. The summed E-state index contributed by atoms with van der Waals surface area (Å²) in [7, 11) is -3.54. The Labute approximate surface area is 227 Å². The molecule has 1 aliphatic heterocycles. The van der Waals surface area contributed by atoms with E-state index in [1.165, 1.54) is 6.07 Å². The van der Waals surface area contributed by atoms with E-state index in [9.17, 15) is 22.0 Å². The number of hydrogen-bond donors (Lipinski definition) is 1. The molecule has 0 fully saturated rings. The number of ether oxygens (including phenoxy) is 3. The van der Waals surface area contributed by atoms with E-state index in [4.69, 9.17) is 14.2 Å². The predicted octanol–water partition coefficient (Wildman–Crippen LogP) is 6.47. The Morgan fingerprint density at radius 2 is 1.85 bits per heavy atom. The van der Waals surface area contributed by atoms with E-state index in [1.807, 2.05) is 24.3 Å². The SMILES string of the molecule is CCOC(=O)CCCCCc1cccc(C2Oc3cccc(OC(F)F)c3-c3ccc(NS(C)(=O)=O)cc32)c1. The minimum atomic E-state index is -3.54. The van der Waals surface area contributed by atoms with Crippen molar-refractivity contribution in [1.29, 1.82) is 0 Å². The second kappa shape index (κ2) is 12.5. The van der Waals surface area contributed by atoms with E-state index < -0.39 is 22.7 Å². The number of fused-ring (bicyclic) bond motifs is 3. The Kier molecular flexibility index (Phi) is 9.06. The lowest BCUT2D eigenvalue weighted by molar-refractivity contribution is -0.143. The number of benzene rings is 3. The number of rotatable bonds is 12.